The van der Waals surface area contributed by atoms with Crippen molar-refractivity contribution in [3.63, 3.8) is 0 Å². The molecule has 1 aliphatic heterocycles. The van der Waals surface area contributed by atoms with E-state index in [-0.39, 0.29) is 5.54 Å². The van der Waals surface area contributed by atoms with Gasteiger partial charge in [0, 0.05) is 30.7 Å². The molecule has 0 radical (unpaired) electrons. The molecule has 0 bridgehead atoms. The van der Waals surface area contributed by atoms with E-state index in [4.69, 9.17) is 5.73 Å². The van der Waals surface area contributed by atoms with Crippen LogP contribution in [0.1, 0.15) is 46.0 Å². The number of hydrogen-bond acceptors (Lipinski definition) is 3. The Hall–Kier alpha value is -0.120. The van der Waals surface area contributed by atoms with E-state index in [1.54, 1.807) is 0 Å². The third-order valence-electron chi connectivity index (χ3n) is 4.19. The predicted molar refractivity (Wildman–Crippen MR) is 68.5 cm³/mol. The first-order valence-corrected chi connectivity index (χ1v) is 6.87. The van der Waals surface area contributed by atoms with Crippen molar-refractivity contribution in [2.24, 2.45) is 5.73 Å². The molecule has 1 atom stereocenters. The van der Waals surface area contributed by atoms with Crippen LogP contribution < -0.4 is 11.1 Å². The number of nitrogens with two attached hydrogens (primary N) is 1. The van der Waals surface area contributed by atoms with E-state index < -0.39 is 0 Å². The van der Waals surface area contributed by atoms with Gasteiger partial charge in [-0.1, -0.05) is 0 Å². The van der Waals surface area contributed by atoms with Crippen LogP contribution in [0.5, 0.6) is 0 Å². The van der Waals surface area contributed by atoms with Gasteiger partial charge in [-0.3, -0.25) is 0 Å². The number of rotatable bonds is 4. The van der Waals surface area contributed by atoms with Crippen molar-refractivity contribution in [1.82, 2.24) is 10.2 Å². The van der Waals surface area contributed by atoms with Gasteiger partial charge in [0.1, 0.15) is 0 Å². The number of likely N-dealkylation sites (tertiary alicyclic amines) is 1. The molecule has 3 heteroatoms. The summed E-state index contributed by atoms with van der Waals surface area (Å²) in [5, 5.41) is 3.80. The van der Waals surface area contributed by atoms with Gasteiger partial charge in [0.2, 0.25) is 0 Å². The lowest BCUT2D eigenvalue weighted by Gasteiger charge is -2.33. The Balaban J connectivity index is 1.93. The molecule has 0 aromatic carbocycles. The van der Waals surface area contributed by atoms with Crippen LogP contribution in [0.3, 0.4) is 0 Å². The fourth-order valence-electron chi connectivity index (χ4n) is 2.80. The predicted octanol–water partition coefficient (Wildman–Crippen LogP) is 1.33. The summed E-state index contributed by atoms with van der Waals surface area (Å²) < 4.78 is 0. The van der Waals surface area contributed by atoms with Gasteiger partial charge < -0.3 is 16.0 Å². The first kappa shape index (κ1) is 12.3. The summed E-state index contributed by atoms with van der Waals surface area (Å²) in [5.41, 5.74) is 6.27. The molecule has 1 aliphatic carbocycles. The van der Waals surface area contributed by atoms with Crippen LogP contribution in [0.25, 0.3) is 0 Å². The van der Waals surface area contributed by atoms with Crippen molar-refractivity contribution >= 4 is 0 Å². The van der Waals surface area contributed by atoms with Gasteiger partial charge in [-0.2, -0.15) is 0 Å². The zero-order valence-corrected chi connectivity index (χ0v) is 10.8. The average molecular weight is 225 g/mol. The maximum atomic E-state index is 6.02. The van der Waals surface area contributed by atoms with E-state index in [0.717, 1.165) is 12.6 Å². The Bertz CT molecular complexity index is 225. The lowest BCUT2D eigenvalue weighted by molar-refractivity contribution is 0.218. The van der Waals surface area contributed by atoms with Crippen LogP contribution in [-0.4, -0.2) is 42.2 Å². The maximum absolute atomic E-state index is 6.02. The molecule has 16 heavy (non-hydrogen) atoms. The number of nitrogens with one attached hydrogen (secondary N) is 1. The molecular weight excluding hydrogens is 198 g/mol. The third-order valence-corrected chi connectivity index (χ3v) is 4.19. The summed E-state index contributed by atoms with van der Waals surface area (Å²) in [6.07, 6.45) is 6.47. The largest absolute Gasteiger partial charge is 0.329 e. The Morgan fingerprint density at radius 1 is 1.31 bits per heavy atom. The van der Waals surface area contributed by atoms with E-state index in [2.05, 4.69) is 24.1 Å². The highest BCUT2D eigenvalue weighted by atomic mass is 15.2. The lowest BCUT2D eigenvalue weighted by Crippen LogP contribution is -2.52. The summed E-state index contributed by atoms with van der Waals surface area (Å²) in [4.78, 5) is 2.59. The molecule has 0 spiro atoms. The minimum absolute atomic E-state index is 0.241. The number of hydrogen-bond donors (Lipinski definition) is 2. The quantitative estimate of drug-likeness (QED) is 0.758. The molecule has 94 valence electrons. The zero-order chi connectivity index (χ0) is 11.6. The van der Waals surface area contributed by atoms with Gasteiger partial charge in [-0.05, 0) is 52.5 Å². The summed E-state index contributed by atoms with van der Waals surface area (Å²) >= 11 is 0. The van der Waals surface area contributed by atoms with Crippen molar-refractivity contribution < 1.29 is 0 Å². The Morgan fingerprint density at radius 2 is 2.06 bits per heavy atom. The molecule has 0 aromatic heterocycles. The second-order valence-corrected chi connectivity index (χ2v) is 5.89. The Labute approximate surface area is 99.8 Å². The molecule has 2 aliphatic rings. The normalized spacial score (nSPS) is 33.0. The highest BCUT2D eigenvalue weighted by molar-refractivity contribution is 4.98. The molecule has 2 rings (SSSR count). The van der Waals surface area contributed by atoms with Gasteiger partial charge in [-0.25, -0.2) is 0 Å². The van der Waals surface area contributed by atoms with Crippen LogP contribution in [-0.2, 0) is 0 Å². The van der Waals surface area contributed by atoms with Crippen LogP contribution in [0.15, 0.2) is 0 Å². The van der Waals surface area contributed by atoms with Gasteiger partial charge in [0.25, 0.3) is 0 Å². The van der Waals surface area contributed by atoms with E-state index in [1.807, 2.05) is 0 Å². The molecule has 1 saturated carbocycles. The third kappa shape index (κ3) is 2.96. The van der Waals surface area contributed by atoms with Crippen molar-refractivity contribution in [3.05, 3.63) is 0 Å². The average Bonchev–Trinajstić information content (AvgIpc) is 3.06. The van der Waals surface area contributed by atoms with Gasteiger partial charge >= 0.3 is 0 Å². The van der Waals surface area contributed by atoms with Crippen LogP contribution >= 0.6 is 0 Å². The molecule has 0 amide bonds. The van der Waals surface area contributed by atoms with Crippen molar-refractivity contribution in [1.29, 1.82) is 0 Å². The lowest BCUT2D eigenvalue weighted by atomic mass is 9.90. The highest BCUT2D eigenvalue weighted by Gasteiger charge is 2.36. The zero-order valence-electron chi connectivity index (χ0n) is 10.8. The first-order valence-electron chi connectivity index (χ1n) is 6.87. The summed E-state index contributed by atoms with van der Waals surface area (Å²) in [7, 11) is 0. The van der Waals surface area contributed by atoms with Crippen molar-refractivity contribution in [2.75, 3.05) is 19.6 Å². The molecule has 3 N–H and O–H groups in total. The highest BCUT2D eigenvalue weighted by Crippen LogP contribution is 2.28. The summed E-state index contributed by atoms with van der Waals surface area (Å²) in [6, 6.07) is 1.45. The van der Waals surface area contributed by atoms with Gasteiger partial charge in [0.15, 0.2) is 0 Å². The van der Waals surface area contributed by atoms with Gasteiger partial charge in [0.05, 0.1) is 0 Å². The molecule has 2 fully saturated rings. The monoisotopic (exact) mass is 225 g/mol. The van der Waals surface area contributed by atoms with Crippen molar-refractivity contribution in [3.8, 4) is 0 Å². The van der Waals surface area contributed by atoms with Crippen molar-refractivity contribution in [2.45, 2.75) is 63.6 Å². The molecule has 1 unspecified atom stereocenters. The standard InChI is InChI=1S/C13H27N3/c1-11(2)16-8-3-6-13(10-14,7-9-16)15-12-4-5-12/h11-12,15H,3-10,14H2,1-2H3. The minimum Gasteiger partial charge on any atom is -0.329 e. The van der Waals surface area contributed by atoms with Crippen LogP contribution in [0.2, 0.25) is 0 Å². The van der Waals surface area contributed by atoms with E-state index in [1.165, 1.54) is 45.2 Å². The minimum atomic E-state index is 0.241. The molecule has 1 heterocycles. The summed E-state index contributed by atoms with van der Waals surface area (Å²) in [5.74, 6) is 0. The topological polar surface area (TPSA) is 41.3 Å². The second-order valence-electron chi connectivity index (χ2n) is 5.89. The Morgan fingerprint density at radius 3 is 2.62 bits per heavy atom. The smallest absolute Gasteiger partial charge is 0.0319 e. The Kier molecular flexibility index (Phi) is 3.88. The van der Waals surface area contributed by atoms with Gasteiger partial charge in [-0.15, -0.1) is 0 Å². The second kappa shape index (κ2) is 5.03. The molecule has 3 nitrogen and oxygen atoms in total. The number of nitrogens with zero attached hydrogens (tertiary/aromatic N) is 1. The van der Waals surface area contributed by atoms with Crippen LogP contribution in [0.4, 0.5) is 0 Å². The fraction of sp³-hybridized carbons (Fsp3) is 1.00. The van der Waals surface area contributed by atoms with E-state index in [0.29, 0.717) is 6.04 Å². The fourth-order valence-corrected chi connectivity index (χ4v) is 2.80. The van der Waals surface area contributed by atoms with E-state index >= 15 is 0 Å². The molecule has 0 aromatic rings. The van der Waals surface area contributed by atoms with E-state index in [9.17, 15) is 0 Å². The molecule has 1 saturated heterocycles. The molecular formula is C13H27N3. The van der Waals surface area contributed by atoms with Crippen LogP contribution in [0, 0.1) is 0 Å². The summed E-state index contributed by atoms with van der Waals surface area (Å²) in [6.45, 7) is 7.84. The SMILES string of the molecule is CC(C)N1CCCC(CN)(NC2CC2)CC1. The maximum Gasteiger partial charge on any atom is 0.0319 e. The first-order chi connectivity index (χ1) is 7.65.